The highest BCUT2D eigenvalue weighted by Crippen LogP contribution is 2.53. The van der Waals surface area contributed by atoms with Gasteiger partial charge in [-0.25, -0.2) is 4.98 Å². The first-order chi connectivity index (χ1) is 13.7. The summed E-state index contributed by atoms with van der Waals surface area (Å²) in [4.78, 5) is 16.5. The number of aromatic nitrogens is 1. The highest BCUT2D eigenvalue weighted by Gasteiger charge is 2.39. The van der Waals surface area contributed by atoms with Crippen molar-refractivity contribution in [2.45, 2.75) is 15.9 Å². The van der Waals surface area contributed by atoms with Gasteiger partial charge in [0.05, 0.1) is 14.5 Å². The van der Waals surface area contributed by atoms with Crippen LogP contribution in [-0.4, -0.2) is 10.8 Å². The molecule has 0 amide bonds. The van der Waals surface area contributed by atoms with Crippen molar-refractivity contribution >= 4 is 28.9 Å². The summed E-state index contributed by atoms with van der Waals surface area (Å²) in [6.45, 7) is 1.58. The van der Waals surface area contributed by atoms with Crippen molar-refractivity contribution in [3.63, 3.8) is 0 Å². The molecule has 1 heterocycles. The third kappa shape index (κ3) is 3.41. The molecule has 4 aromatic rings. The first kappa shape index (κ1) is 18.7. The van der Waals surface area contributed by atoms with Crippen LogP contribution in [0.1, 0.15) is 34.1 Å². The second kappa shape index (κ2) is 8.13. The third-order valence-electron chi connectivity index (χ3n) is 4.66. The fourth-order valence-corrected chi connectivity index (χ4v) is 5.97. The number of hydrogen-bond acceptors (Lipinski definition) is 4. The largest absolute Gasteiger partial charge is 0.293 e. The van der Waals surface area contributed by atoms with Crippen molar-refractivity contribution in [1.82, 2.24) is 4.98 Å². The van der Waals surface area contributed by atoms with Crippen molar-refractivity contribution in [2.75, 3.05) is 0 Å². The van der Waals surface area contributed by atoms with Crippen LogP contribution in [-0.2, 0) is 4.75 Å². The van der Waals surface area contributed by atoms with Crippen LogP contribution in [0.2, 0.25) is 0 Å². The lowest BCUT2D eigenvalue weighted by atomic mass is 9.84. The number of nitrogens with zero attached hydrogens (tertiary/aromatic N) is 1. The van der Waals surface area contributed by atoms with Gasteiger partial charge in [0.25, 0.3) is 0 Å². The van der Waals surface area contributed by atoms with E-state index in [1.165, 1.54) is 28.0 Å². The summed E-state index contributed by atoms with van der Waals surface area (Å²) in [6, 6.07) is 31.4. The molecule has 4 rings (SSSR count). The molecule has 0 saturated heterocycles. The summed E-state index contributed by atoms with van der Waals surface area (Å²) < 4.78 is 0.449. The molecule has 0 bridgehead atoms. The second-order valence-electron chi connectivity index (χ2n) is 6.43. The van der Waals surface area contributed by atoms with Gasteiger partial charge in [-0.1, -0.05) is 103 Å². The van der Waals surface area contributed by atoms with Crippen molar-refractivity contribution in [1.29, 1.82) is 0 Å². The predicted octanol–water partition coefficient (Wildman–Crippen LogP) is 6.43. The molecule has 1 aromatic heterocycles. The summed E-state index contributed by atoms with van der Waals surface area (Å²) in [5.74, 6) is -0.00756. The topological polar surface area (TPSA) is 30.0 Å². The van der Waals surface area contributed by atoms with Gasteiger partial charge in [0.1, 0.15) is 5.69 Å². The number of hydrogen-bond donors (Lipinski definition) is 0. The molecule has 0 fully saturated rings. The molecule has 0 saturated carbocycles. The monoisotopic (exact) mass is 401 g/mol. The van der Waals surface area contributed by atoms with Gasteiger partial charge in [-0.2, -0.15) is 0 Å². The van der Waals surface area contributed by atoms with Crippen LogP contribution in [0.5, 0.6) is 0 Å². The molecule has 138 valence electrons. The molecule has 4 heteroatoms. The second-order valence-corrected chi connectivity index (χ2v) is 8.76. The Labute approximate surface area is 173 Å². The van der Waals surface area contributed by atoms with Crippen LogP contribution in [0, 0.1) is 0 Å². The smallest absolute Gasteiger partial charge is 0.180 e. The van der Waals surface area contributed by atoms with Gasteiger partial charge in [0, 0.05) is 6.92 Å². The number of carbonyl (C=O) groups is 1. The van der Waals surface area contributed by atoms with Crippen LogP contribution in [0.15, 0.2) is 101 Å². The number of Topliss-reactive ketones (excluding diaryl/α,β-unsaturated/α-hetero) is 1. The normalized spacial score (nSPS) is 11.3. The van der Waals surface area contributed by atoms with Crippen molar-refractivity contribution < 1.29 is 4.79 Å². The van der Waals surface area contributed by atoms with E-state index in [4.69, 9.17) is 0 Å². The Morgan fingerprint density at radius 1 is 0.786 bits per heavy atom. The van der Waals surface area contributed by atoms with Gasteiger partial charge < -0.3 is 0 Å². The SMILES string of the molecule is CC(=O)c1ncsc1SC(c1ccccc1)(c1ccccc1)c1ccccc1. The molecule has 28 heavy (non-hydrogen) atoms. The van der Waals surface area contributed by atoms with E-state index in [0.29, 0.717) is 5.69 Å². The standard InChI is InChI=1S/C24H19NOS2/c1-18(26)22-23(27-17-25-22)28-24(19-11-5-2-6-12-19,20-13-7-3-8-14-20)21-15-9-4-10-16-21/h2-17H,1H3. The fraction of sp³-hybridized carbons (Fsp3) is 0.0833. The maximum Gasteiger partial charge on any atom is 0.180 e. The van der Waals surface area contributed by atoms with Crippen LogP contribution in [0.3, 0.4) is 0 Å². The average Bonchev–Trinajstić information content (AvgIpc) is 3.22. The van der Waals surface area contributed by atoms with E-state index in [9.17, 15) is 4.79 Å². The van der Waals surface area contributed by atoms with Gasteiger partial charge in [-0.3, -0.25) is 4.79 Å². The first-order valence-electron chi connectivity index (χ1n) is 9.02. The van der Waals surface area contributed by atoms with Gasteiger partial charge in [0.15, 0.2) is 5.78 Å². The zero-order chi connectivity index (χ0) is 19.4. The van der Waals surface area contributed by atoms with E-state index >= 15 is 0 Å². The molecular weight excluding hydrogens is 382 g/mol. The number of thioether (sulfide) groups is 1. The lowest BCUT2D eigenvalue weighted by Crippen LogP contribution is -2.25. The number of rotatable bonds is 6. The number of ketones is 1. The quantitative estimate of drug-likeness (QED) is 0.212. The molecule has 0 aliphatic heterocycles. The maximum absolute atomic E-state index is 12.2. The molecular formula is C24H19NOS2. The summed E-state index contributed by atoms with van der Waals surface area (Å²) in [5, 5.41) is 0. The van der Waals surface area contributed by atoms with Gasteiger partial charge in [-0.05, 0) is 16.7 Å². The predicted molar refractivity (Wildman–Crippen MR) is 117 cm³/mol. The summed E-state index contributed by atoms with van der Waals surface area (Å²) in [6.07, 6.45) is 0. The minimum atomic E-state index is -0.486. The minimum absolute atomic E-state index is 0.00756. The molecule has 0 radical (unpaired) electrons. The number of thiazole rings is 1. The molecule has 0 atom stereocenters. The Morgan fingerprint density at radius 2 is 1.21 bits per heavy atom. The lowest BCUT2D eigenvalue weighted by molar-refractivity contribution is 0.101. The van der Waals surface area contributed by atoms with E-state index in [1.807, 2.05) is 18.2 Å². The fourth-order valence-electron chi connectivity index (χ4n) is 3.38. The summed E-state index contributed by atoms with van der Waals surface area (Å²) >= 11 is 3.21. The third-order valence-corrected chi connectivity index (χ3v) is 7.20. The Bertz CT molecular complexity index is 963. The Morgan fingerprint density at radius 3 is 1.61 bits per heavy atom. The van der Waals surface area contributed by atoms with E-state index in [2.05, 4.69) is 77.8 Å². The molecule has 0 N–H and O–H groups in total. The van der Waals surface area contributed by atoms with Crippen molar-refractivity contribution in [3.05, 3.63) is 119 Å². The Hall–Kier alpha value is -2.69. The van der Waals surface area contributed by atoms with Crippen LogP contribution in [0.4, 0.5) is 0 Å². The summed E-state index contributed by atoms with van der Waals surface area (Å²) in [7, 11) is 0. The minimum Gasteiger partial charge on any atom is -0.293 e. The maximum atomic E-state index is 12.2. The number of carbonyl (C=O) groups excluding carboxylic acids is 1. The van der Waals surface area contributed by atoms with E-state index in [-0.39, 0.29) is 5.78 Å². The molecule has 0 unspecified atom stereocenters. The van der Waals surface area contributed by atoms with Crippen LogP contribution >= 0.6 is 23.1 Å². The van der Waals surface area contributed by atoms with E-state index in [0.717, 1.165) is 4.21 Å². The highest BCUT2D eigenvalue weighted by atomic mass is 32.2. The summed E-state index contributed by atoms with van der Waals surface area (Å²) in [5.41, 5.74) is 5.80. The van der Waals surface area contributed by atoms with E-state index in [1.54, 1.807) is 24.2 Å². The molecule has 0 spiro atoms. The van der Waals surface area contributed by atoms with Crippen molar-refractivity contribution in [2.24, 2.45) is 0 Å². The van der Waals surface area contributed by atoms with Gasteiger partial charge in [0.2, 0.25) is 0 Å². The zero-order valence-electron chi connectivity index (χ0n) is 15.4. The van der Waals surface area contributed by atoms with Crippen LogP contribution in [0.25, 0.3) is 0 Å². The first-order valence-corrected chi connectivity index (χ1v) is 10.7. The Kier molecular flexibility index (Phi) is 5.42. The molecule has 3 aromatic carbocycles. The number of benzene rings is 3. The molecule has 2 nitrogen and oxygen atoms in total. The lowest BCUT2D eigenvalue weighted by Gasteiger charge is -2.35. The Balaban J connectivity index is 2.01. The van der Waals surface area contributed by atoms with E-state index < -0.39 is 4.75 Å². The highest BCUT2D eigenvalue weighted by molar-refractivity contribution is 8.02. The average molecular weight is 402 g/mol. The molecule has 0 aliphatic rings. The van der Waals surface area contributed by atoms with Gasteiger partial charge >= 0.3 is 0 Å². The van der Waals surface area contributed by atoms with Crippen LogP contribution < -0.4 is 0 Å². The zero-order valence-corrected chi connectivity index (χ0v) is 17.0. The van der Waals surface area contributed by atoms with Crippen molar-refractivity contribution in [3.8, 4) is 0 Å². The van der Waals surface area contributed by atoms with Gasteiger partial charge in [-0.15, -0.1) is 11.3 Å². The molecule has 0 aliphatic carbocycles.